The van der Waals surface area contributed by atoms with Crippen molar-refractivity contribution in [2.24, 2.45) is 0 Å². The van der Waals surface area contributed by atoms with Crippen LogP contribution in [0.4, 0.5) is 5.69 Å². The number of aromatic nitrogens is 1. The molecule has 0 aliphatic carbocycles. The molecule has 1 aliphatic heterocycles. The largest absolute Gasteiger partial charge is 0.388 e. The number of nitrogens with zero attached hydrogens (tertiary/aromatic N) is 3. The molecule has 8 nitrogen and oxygen atoms in total. The van der Waals surface area contributed by atoms with Crippen molar-refractivity contribution in [1.29, 1.82) is 0 Å². The zero-order chi connectivity index (χ0) is 21.2. The van der Waals surface area contributed by atoms with E-state index >= 15 is 0 Å². The average Bonchev–Trinajstić information content (AvgIpc) is 3.10. The van der Waals surface area contributed by atoms with Crippen molar-refractivity contribution in [3.8, 4) is 0 Å². The first-order chi connectivity index (χ1) is 13.7. The van der Waals surface area contributed by atoms with Gasteiger partial charge in [-0.1, -0.05) is 35.0 Å². The summed E-state index contributed by atoms with van der Waals surface area (Å²) in [5, 5.41) is 25.3. The van der Waals surface area contributed by atoms with Crippen LogP contribution < -0.4 is 5.32 Å². The average molecular weight is 477 g/mol. The molecule has 3 rings (SSSR count). The molecule has 2 aromatic heterocycles. The SMILES string of the molecule is CN1CCC(O)(CNC(=O)c2cc([N+](=O)[O-])c(Sc3c(Cl)cncc3Cl)s2)CC1. The number of nitrogens with one attached hydrogen (secondary N) is 1. The van der Waals surface area contributed by atoms with Crippen molar-refractivity contribution in [3.63, 3.8) is 0 Å². The molecule has 1 amide bonds. The molecule has 1 fully saturated rings. The predicted molar refractivity (Wildman–Crippen MR) is 113 cm³/mol. The summed E-state index contributed by atoms with van der Waals surface area (Å²) < 4.78 is 0.285. The lowest BCUT2D eigenvalue weighted by Gasteiger charge is -2.36. The van der Waals surface area contributed by atoms with Gasteiger partial charge in [-0.15, -0.1) is 11.3 Å². The first-order valence-corrected chi connectivity index (χ1v) is 11.0. The number of thiophene rings is 1. The number of nitro groups is 1. The van der Waals surface area contributed by atoms with Gasteiger partial charge in [0, 0.05) is 38.1 Å². The van der Waals surface area contributed by atoms with Gasteiger partial charge < -0.3 is 15.3 Å². The van der Waals surface area contributed by atoms with Gasteiger partial charge in [0.2, 0.25) is 0 Å². The summed E-state index contributed by atoms with van der Waals surface area (Å²) in [5.74, 6) is -0.468. The molecule has 3 heterocycles. The molecule has 1 saturated heterocycles. The highest BCUT2D eigenvalue weighted by Crippen LogP contribution is 2.45. The van der Waals surface area contributed by atoms with Crippen LogP contribution in [-0.4, -0.2) is 58.1 Å². The van der Waals surface area contributed by atoms with Crippen molar-refractivity contribution >= 4 is 57.9 Å². The maximum atomic E-state index is 12.6. The quantitative estimate of drug-likeness (QED) is 0.483. The molecule has 0 radical (unpaired) electrons. The minimum atomic E-state index is -0.971. The fraction of sp³-hybridized carbons (Fsp3) is 0.412. The first kappa shape index (κ1) is 22.3. The Balaban J connectivity index is 1.75. The second-order valence-electron chi connectivity index (χ2n) is 6.79. The second kappa shape index (κ2) is 9.15. The lowest BCUT2D eigenvalue weighted by molar-refractivity contribution is -0.387. The molecule has 2 aromatic rings. The Morgan fingerprint density at radius 2 is 2.03 bits per heavy atom. The van der Waals surface area contributed by atoms with Gasteiger partial charge in [-0.2, -0.15) is 0 Å². The molecule has 156 valence electrons. The van der Waals surface area contributed by atoms with E-state index in [-0.39, 0.29) is 31.4 Å². The summed E-state index contributed by atoms with van der Waals surface area (Å²) in [6.45, 7) is 1.58. The van der Waals surface area contributed by atoms with Gasteiger partial charge in [-0.05, 0) is 19.9 Å². The number of piperidine rings is 1. The van der Waals surface area contributed by atoms with Gasteiger partial charge in [-0.25, -0.2) is 0 Å². The maximum absolute atomic E-state index is 12.6. The van der Waals surface area contributed by atoms with Gasteiger partial charge in [0.15, 0.2) is 0 Å². The van der Waals surface area contributed by atoms with Crippen LogP contribution in [0, 0.1) is 10.1 Å². The van der Waals surface area contributed by atoms with E-state index in [0.717, 1.165) is 36.2 Å². The third kappa shape index (κ3) is 5.39. The Kier molecular flexibility index (Phi) is 7.02. The van der Waals surface area contributed by atoms with Crippen LogP contribution in [0.2, 0.25) is 10.0 Å². The molecule has 0 saturated carbocycles. The minimum absolute atomic E-state index is 0.0931. The summed E-state index contributed by atoms with van der Waals surface area (Å²) in [7, 11) is 1.98. The van der Waals surface area contributed by atoms with Crippen LogP contribution >= 0.6 is 46.3 Å². The standard InChI is InChI=1S/C17H18Cl2N4O4S2/c1-22-4-2-17(25,3-5-22)9-21-15(24)13-6-12(23(26)27)16(28-13)29-14-10(18)7-20-8-11(14)19/h6-8,25H,2-5,9H2,1H3,(H,21,24). The fourth-order valence-electron chi connectivity index (χ4n) is 2.81. The van der Waals surface area contributed by atoms with E-state index in [2.05, 4.69) is 15.2 Å². The number of hydrogen-bond donors (Lipinski definition) is 2. The third-order valence-corrected chi connectivity index (χ3v) is 7.85. The van der Waals surface area contributed by atoms with Crippen LogP contribution in [0.5, 0.6) is 0 Å². The van der Waals surface area contributed by atoms with E-state index in [1.807, 2.05) is 7.05 Å². The maximum Gasteiger partial charge on any atom is 0.294 e. The van der Waals surface area contributed by atoms with Gasteiger partial charge in [-0.3, -0.25) is 19.9 Å². The lowest BCUT2D eigenvalue weighted by atomic mass is 9.91. The highest BCUT2D eigenvalue weighted by atomic mass is 35.5. The number of pyridine rings is 1. The number of carbonyl (C=O) groups excluding carboxylic acids is 1. The highest BCUT2D eigenvalue weighted by Gasteiger charge is 2.32. The zero-order valence-corrected chi connectivity index (χ0v) is 18.5. The van der Waals surface area contributed by atoms with Gasteiger partial charge in [0.05, 0.1) is 25.5 Å². The highest BCUT2D eigenvalue weighted by molar-refractivity contribution is 8.01. The van der Waals surface area contributed by atoms with E-state index in [1.54, 1.807) is 0 Å². The van der Waals surface area contributed by atoms with Gasteiger partial charge in [0.25, 0.3) is 11.6 Å². The predicted octanol–water partition coefficient (Wildman–Crippen LogP) is 3.70. The van der Waals surface area contributed by atoms with Gasteiger partial charge >= 0.3 is 0 Å². The van der Waals surface area contributed by atoms with E-state index in [0.29, 0.717) is 17.7 Å². The van der Waals surface area contributed by atoms with Crippen molar-refractivity contribution < 1.29 is 14.8 Å². The second-order valence-corrected chi connectivity index (χ2v) is 9.93. The summed E-state index contributed by atoms with van der Waals surface area (Å²) in [5.41, 5.74) is -1.17. The number of likely N-dealkylation sites (tertiary alicyclic amines) is 1. The molecule has 2 N–H and O–H groups in total. The van der Waals surface area contributed by atoms with Crippen molar-refractivity contribution in [2.75, 3.05) is 26.7 Å². The normalized spacial score (nSPS) is 16.6. The Labute approximate surface area is 185 Å². The number of rotatable bonds is 6. The summed E-state index contributed by atoms with van der Waals surface area (Å²) >= 11 is 14.2. The van der Waals surface area contributed by atoms with Crippen molar-refractivity contribution in [3.05, 3.63) is 43.5 Å². The first-order valence-electron chi connectivity index (χ1n) is 8.63. The molecule has 0 spiro atoms. The number of aliphatic hydroxyl groups is 1. The number of carbonyl (C=O) groups is 1. The Bertz CT molecular complexity index is 912. The van der Waals surface area contributed by atoms with Crippen molar-refractivity contribution in [2.45, 2.75) is 27.5 Å². The monoisotopic (exact) mass is 476 g/mol. The van der Waals surface area contributed by atoms with Crippen LogP contribution in [0.15, 0.2) is 27.6 Å². The summed E-state index contributed by atoms with van der Waals surface area (Å²) in [6.07, 6.45) is 3.89. The third-order valence-electron chi connectivity index (χ3n) is 4.60. The fourth-order valence-corrected chi connectivity index (χ4v) is 5.59. The Hall–Kier alpha value is -1.43. The number of hydrogen-bond acceptors (Lipinski definition) is 8. The van der Waals surface area contributed by atoms with E-state index in [1.165, 1.54) is 18.5 Å². The van der Waals surface area contributed by atoms with Crippen LogP contribution in [0.1, 0.15) is 22.5 Å². The summed E-state index contributed by atoms with van der Waals surface area (Å²) in [4.78, 5) is 30.0. The zero-order valence-electron chi connectivity index (χ0n) is 15.4. The lowest BCUT2D eigenvalue weighted by Crippen LogP contribution is -2.49. The molecule has 0 aromatic carbocycles. The molecular weight excluding hydrogens is 459 g/mol. The molecular formula is C17H18Cl2N4O4S2. The van der Waals surface area contributed by atoms with Crippen molar-refractivity contribution in [1.82, 2.24) is 15.2 Å². The number of amides is 1. The summed E-state index contributed by atoms with van der Waals surface area (Å²) in [6, 6.07) is 1.23. The molecule has 1 aliphatic rings. The van der Waals surface area contributed by atoms with E-state index in [4.69, 9.17) is 23.2 Å². The van der Waals surface area contributed by atoms with Crippen LogP contribution in [-0.2, 0) is 0 Å². The molecule has 29 heavy (non-hydrogen) atoms. The molecule has 12 heteroatoms. The molecule has 0 unspecified atom stereocenters. The van der Waals surface area contributed by atoms with E-state index in [9.17, 15) is 20.0 Å². The molecule has 0 bridgehead atoms. The van der Waals surface area contributed by atoms with E-state index < -0.39 is 16.4 Å². The van der Waals surface area contributed by atoms with Crippen LogP contribution in [0.25, 0.3) is 0 Å². The molecule has 0 atom stereocenters. The Morgan fingerprint density at radius 1 is 1.41 bits per heavy atom. The van der Waals surface area contributed by atoms with Gasteiger partial charge in [0.1, 0.15) is 9.09 Å². The smallest absolute Gasteiger partial charge is 0.294 e. The number of halogens is 2. The van der Waals surface area contributed by atoms with Crippen LogP contribution in [0.3, 0.4) is 0 Å². The minimum Gasteiger partial charge on any atom is -0.388 e. The topological polar surface area (TPSA) is 109 Å². The Morgan fingerprint density at radius 3 is 2.62 bits per heavy atom.